The average Bonchev–Trinajstić information content (AvgIpc) is 3.31. The number of aromatic nitrogens is 1. The SMILES string of the molecule is CC(C)[C@@H]1c2cccn2-c2sc3c(c2CN1C(=O)Nc1ccc(F)cc1)CCCC3. The summed E-state index contributed by atoms with van der Waals surface area (Å²) in [7, 11) is 0. The molecule has 2 aromatic heterocycles. The molecule has 0 unspecified atom stereocenters. The number of hydrogen-bond donors (Lipinski definition) is 1. The Morgan fingerprint density at radius 3 is 2.67 bits per heavy atom. The number of benzene rings is 1. The number of aryl methyl sites for hydroxylation is 1. The molecule has 3 aromatic rings. The van der Waals surface area contributed by atoms with Crippen LogP contribution in [0.4, 0.5) is 14.9 Å². The molecule has 1 aliphatic carbocycles. The molecular weight excluding hydrogens is 397 g/mol. The Labute approximate surface area is 180 Å². The van der Waals surface area contributed by atoms with Crippen molar-refractivity contribution in [2.24, 2.45) is 5.92 Å². The predicted molar refractivity (Wildman–Crippen MR) is 119 cm³/mol. The number of anilines is 1. The number of carbonyl (C=O) groups excluding carboxylic acids is 1. The van der Waals surface area contributed by atoms with Crippen molar-refractivity contribution in [2.75, 3.05) is 5.32 Å². The molecular formula is C24H26FN3OS. The molecule has 0 saturated heterocycles. The van der Waals surface area contributed by atoms with Crippen molar-refractivity contribution in [1.82, 2.24) is 9.47 Å². The first kappa shape index (κ1) is 19.4. The van der Waals surface area contributed by atoms with Crippen LogP contribution in [0, 0.1) is 11.7 Å². The van der Waals surface area contributed by atoms with Crippen LogP contribution in [-0.2, 0) is 19.4 Å². The van der Waals surface area contributed by atoms with E-state index in [0.29, 0.717) is 12.2 Å². The molecule has 1 aromatic carbocycles. The largest absolute Gasteiger partial charge is 0.322 e. The van der Waals surface area contributed by atoms with Crippen molar-refractivity contribution < 1.29 is 9.18 Å². The lowest BCUT2D eigenvalue weighted by Gasteiger charge is -2.33. The minimum atomic E-state index is -0.310. The van der Waals surface area contributed by atoms with Crippen molar-refractivity contribution >= 4 is 23.1 Å². The summed E-state index contributed by atoms with van der Waals surface area (Å²) in [5.74, 6) is -0.0577. The fourth-order valence-electron chi connectivity index (χ4n) is 4.85. The molecule has 0 bridgehead atoms. The van der Waals surface area contributed by atoms with E-state index in [1.807, 2.05) is 16.2 Å². The van der Waals surface area contributed by atoms with Gasteiger partial charge in [0.25, 0.3) is 0 Å². The first-order valence-corrected chi connectivity index (χ1v) is 11.5. The van der Waals surface area contributed by atoms with Gasteiger partial charge in [-0.25, -0.2) is 9.18 Å². The molecule has 2 amide bonds. The van der Waals surface area contributed by atoms with Crippen molar-refractivity contribution in [3.05, 3.63) is 70.1 Å². The zero-order chi connectivity index (χ0) is 20.8. The van der Waals surface area contributed by atoms with E-state index < -0.39 is 0 Å². The zero-order valence-electron chi connectivity index (χ0n) is 17.3. The summed E-state index contributed by atoms with van der Waals surface area (Å²) in [6.45, 7) is 4.92. The lowest BCUT2D eigenvalue weighted by molar-refractivity contribution is 0.161. The van der Waals surface area contributed by atoms with Crippen molar-refractivity contribution in [3.63, 3.8) is 0 Å². The van der Waals surface area contributed by atoms with E-state index in [0.717, 1.165) is 18.5 Å². The second-order valence-electron chi connectivity index (χ2n) is 8.55. The van der Waals surface area contributed by atoms with Gasteiger partial charge in [-0.15, -0.1) is 11.3 Å². The Morgan fingerprint density at radius 1 is 1.13 bits per heavy atom. The van der Waals surface area contributed by atoms with Crippen molar-refractivity contribution in [1.29, 1.82) is 0 Å². The first-order chi connectivity index (χ1) is 14.5. The number of rotatable bonds is 2. The molecule has 30 heavy (non-hydrogen) atoms. The number of urea groups is 1. The summed E-state index contributed by atoms with van der Waals surface area (Å²) in [6.07, 6.45) is 6.82. The van der Waals surface area contributed by atoms with E-state index in [9.17, 15) is 9.18 Å². The van der Waals surface area contributed by atoms with E-state index in [4.69, 9.17) is 0 Å². The Hall–Kier alpha value is -2.60. The standard InChI is InChI=1S/C24H26FN3OS/c1-15(2)22-20-7-5-13-27(20)23-19(18-6-3-4-8-21(18)30-23)14-28(22)24(29)26-17-11-9-16(25)10-12-17/h5,7,9-13,15,22H,3-4,6,8,14H2,1-2H3,(H,26,29)/t22-/m1/s1. The van der Waals surface area contributed by atoms with Gasteiger partial charge in [-0.3, -0.25) is 0 Å². The highest BCUT2D eigenvalue weighted by Gasteiger charge is 2.36. The Bertz CT molecular complexity index is 1080. The number of fused-ring (bicyclic) bond motifs is 5. The molecule has 1 atom stereocenters. The third-order valence-corrected chi connectivity index (χ3v) is 7.55. The molecule has 0 fully saturated rings. The topological polar surface area (TPSA) is 37.3 Å². The van der Waals surface area contributed by atoms with Crippen LogP contribution >= 0.6 is 11.3 Å². The van der Waals surface area contributed by atoms with E-state index >= 15 is 0 Å². The molecule has 156 valence electrons. The molecule has 0 radical (unpaired) electrons. The van der Waals surface area contributed by atoms with Gasteiger partial charge in [0, 0.05) is 28.0 Å². The van der Waals surface area contributed by atoms with Gasteiger partial charge in [-0.2, -0.15) is 0 Å². The summed E-state index contributed by atoms with van der Waals surface area (Å²) in [4.78, 5) is 16.9. The number of hydrogen-bond acceptors (Lipinski definition) is 2. The van der Waals surface area contributed by atoms with Gasteiger partial charge < -0.3 is 14.8 Å². The minimum Gasteiger partial charge on any atom is -0.311 e. The normalized spacial score (nSPS) is 17.9. The summed E-state index contributed by atoms with van der Waals surface area (Å²) in [6, 6.07) is 9.99. The second-order valence-corrected chi connectivity index (χ2v) is 9.64. The molecule has 5 rings (SSSR count). The Morgan fingerprint density at radius 2 is 1.90 bits per heavy atom. The number of nitrogens with zero attached hydrogens (tertiary/aromatic N) is 2. The number of nitrogens with one attached hydrogen (secondary N) is 1. The summed E-state index contributed by atoms with van der Waals surface area (Å²) < 4.78 is 15.6. The molecule has 3 heterocycles. The number of amides is 2. The molecule has 2 aliphatic rings. The highest BCUT2D eigenvalue weighted by molar-refractivity contribution is 7.15. The van der Waals surface area contributed by atoms with Gasteiger partial charge >= 0.3 is 6.03 Å². The number of carbonyl (C=O) groups is 1. The smallest absolute Gasteiger partial charge is 0.311 e. The molecule has 1 aliphatic heterocycles. The quantitative estimate of drug-likeness (QED) is 0.516. The third kappa shape index (κ3) is 3.23. The lowest BCUT2D eigenvalue weighted by Crippen LogP contribution is -2.39. The van der Waals surface area contributed by atoms with Crippen molar-refractivity contribution in [2.45, 2.75) is 52.1 Å². The molecule has 0 spiro atoms. The van der Waals surface area contributed by atoms with Gasteiger partial charge in [0.05, 0.1) is 12.6 Å². The fraction of sp³-hybridized carbons (Fsp3) is 0.375. The Kier molecular flexibility index (Phi) is 4.89. The van der Waals surface area contributed by atoms with Gasteiger partial charge in [-0.05, 0) is 73.6 Å². The van der Waals surface area contributed by atoms with Crippen LogP contribution in [-0.4, -0.2) is 15.5 Å². The van der Waals surface area contributed by atoms with E-state index in [-0.39, 0.29) is 23.8 Å². The zero-order valence-corrected chi connectivity index (χ0v) is 18.1. The maximum Gasteiger partial charge on any atom is 0.322 e. The Balaban J connectivity index is 1.58. The summed E-state index contributed by atoms with van der Waals surface area (Å²) in [5.41, 5.74) is 4.50. The van der Waals surface area contributed by atoms with Crippen LogP contribution in [0.25, 0.3) is 5.00 Å². The summed E-state index contributed by atoms with van der Waals surface area (Å²) >= 11 is 1.89. The fourth-order valence-corrected chi connectivity index (χ4v) is 6.25. The number of halogens is 1. The van der Waals surface area contributed by atoms with E-state index in [1.165, 1.54) is 46.0 Å². The van der Waals surface area contributed by atoms with Crippen LogP contribution in [0.3, 0.4) is 0 Å². The van der Waals surface area contributed by atoms with Crippen molar-refractivity contribution in [3.8, 4) is 5.00 Å². The van der Waals surface area contributed by atoms with E-state index in [1.54, 1.807) is 12.1 Å². The van der Waals surface area contributed by atoms with E-state index in [2.05, 4.69) is 42.1 Å². The summed E-state index contributed by atoms with van der Waals surface area (Å²) in [5, 5.41) is 4.26. The third-order valence-electron chi connectivity index (χ3n) is 6.21. The highest BCUT2D eigenvalue weighted by atomic mass is 32.1. The average molecular weight is 424 g/mol. The first-order valence-electron chi connectivity index (χ1n) is 10.7. The number of thiophene rings is 1. The minimum absolute atomic E-state index is 0.0423. The monoisotopic (exact) mass is 423 g/mol. The maximum absolute atomic E-state index is 13.5. The van der Waals surface area contributed by atoms with Crippen LogP contribution in [0.15, 0.2) is 42.6 Å². The second kappa shape index (κ2) is 7.58. The van der Waals surface area contributed by atoms with Crippen LogP contribution in [0.1, 0.15) is 54.4 Å². The highest BCUT2D eigenvalue weighted by Crippen LogP contribution is 2.44. The van der Waals surface area contributed by atoms with Gasteiger partial charge in [0.15, 0.2) is 0 Å². The van der Waals surface area contributed by atoms with Gasteiger partial charge in [0.1, 0.15) is 10.8 Å². The molecule has 1 N–H and O–H groups in total. The molecule has 4 nitrogen and oxygen atoms in total. The molecule has 6 heteroatoms. The van der Waals surface area contributed by atoms with Crippen LogP contribution in [0.2, 0.25) is 0 Å². The van der Waals surface area contributed by atoms with Gasteiger partial charge in [0.2, 0.25) is 0 Å². The lowest BCUT2D eigenvalue weighted by atomic mass is 9.94. The van der Waals surface area contributed by atoms with Gasteiger partial charge in [-0.1, -0.05) is 13.8 Å². The van der Waals surface area contributed by atoms with Crippen LogP contribution in [0.5, 0.6) is 0 Å². The predicted octanol–water partition coefficient (Wildman–Crippen LogP) is 6.30. The van der Waals surface area contributed by atoms with Crippen LogP contribution < -0.4 is 5.32 Å². The maximum atomic E-state index is 13.5. The molecule has 0 saturated carbocycles.